The highest BCUT2D eigenvalue weighted by Gasteiger charge is 2.45. The fourth-order valence-corrected chi connectivity index (χ4v) is 4.90. The maximum absolute atomic E-state index is 6.27. The number of benzene rings is 3. The Morgan fingerprint density at radius 2 is 1.69 bits per heavy atom. The SMILES string of the molecule is C=CCCCOc1ccc(C2c3cc(N)ccc3-c3ccc(N)cc3N2C2C[C@@H]2C)cc1. The highest BCUT2D eigenvalue weighted by molar-refractivity contribution is 5.88. The summed E-state index contributed by atoms with van der Waals surface area (Å²) in [5.41, 5.74) is 20.3. The predicted molar refractivity (Wildman–Crippen MR) is 134 cm³/mol. The lowest BCUT2D eigenvalue weighted by atomic mass is 9.84. The van der Waals surface area contributed by atoms with Gasteiger partial charge < -0.3 is 21.1 Å². The van der Waals surface area contributed by atoms with E-state index >= 15 is 0 Å². The monoisotopic (exact) mass is 425 g/mol. The lowest BCUT2D eigenvalue weighted by molar-refractivity contribution is 0.312. The summed E-state index contributed by atoms with van der Waals surface area (Å²) in [6.45, 7) is 6.79. The topological polar surface area (TPSA) is 64.5 Å². The highest BCUT2D eigenvalue weighted by atomic mass is 16.5. The average molecular weight is 426 g/mol. The van der Waals surface area contributed by atoms with Crippen LogP contribution in [0, 0.1) is 5.92 Å². The van der Waals surface area contributed by atoms with E-state index in [0.717, 1.165) is 30.0 Å². The molecule has 32 heavy (non-hydrogen) atoms. The van der Waals surface area contributed by atoms with Crippen LogP contribution in [0.5, 0.6) is 5.75 Å². The van der Waals surface area contributed by atoms with Gasteiger partial charge >= 0.3 is 0 Å². The third-order valence-corrected chi connectivity index (χ3v) is 6.68. The van der Waals surface area contributed by atoms with Crippen molar-refractivity contribution in [1.82, 2.24) is 0 Å². The molecule has 3 aromatic carbocycles. The maximum atomic E-state index is 6.27. The van der Waals surface area contributed by atoms with E-state index in [0.29, 0.717) is 18.6 Å². The van der Waals surface area contributed by atoms with Crippen molar-refractivity contribution in [3.63, 3.8) is 0 Å². The first-order chi connectivity index (χ1) is 15.6. The van der Waals surface area contributed by atoms with Crippen molar-refractivity contribution in [2.24, 2.45) is 5.92 Å². The average Bonchev–Trinajstić information content (AvgIpc) is 3.52. The second kappa shape index (κ2) is 8.27. The number of nitrogens with zero attached hydrogens (tertiary/aromatic N) is 1. The van der Waals surface area contributed by atoms with Crippen molar-refractivity contribution in [2.75, 3.05) is 23.0 Å². The van der Waals surface area contributed by atoms with Crippen LogP contribution in [0.2, 0.25) is 0 Å². The van der Waals surface area contributed by atoms with Crippen LogP contribution in [0.1, 0.15) is 43.4 Å². The molecule has 164 valence electrons. The van der Waals surface area contributed by atoms with Crippen molar-refractivity contribution in [3.05, 3.63) is 84.4 Å². The summed E-state index contributed by atoms with van der Waals surface area (Å²) in [5.74, 6) is 1.55. The molecular formula is C28H31N3O. The van der Waals surface area contributed by atoms with Crippen molar-refractivity contribution in [2.45, 2.75) is 38.3 Å². The Morgan fingerprint density at radius 1 is 1.00 bits per heavy atom. The molecule has 3 atom stereocenters. The molecule has 2 unspecified atom stereocenters. The van der Waals surface area contributed by atoms with Crippen molar-refractivity contribution >= 4 is 17.1 Å². The summed E-state index contributed by atoms with van der Waals surface area (Å²) in [4.78, 5) is 2.57. The number of ether oxygens (including phenoxy) is 1. The number of fused-ring (bicyclic) bond motifs is 3. The minimum atomic E-state index is 0.0903. The Bertz CT molecular complexity index is 1140. The van der Waals surface area contributed by atoms with E-state index in [1.54, 1.807) is 0 Å². The van der Waals surface area contributed by atoms with Crippen LogP contribution >= 0.6 is 0 Å². The lowest BCUT2D eigenvalue weighted by Crippen LogP contribution is -2.35. The highest BCUT2D eigenvalue weighted by Crippen LogP contribution is 2.53. The van der Waals surface area contributed by atoms with Crippen LogP contribution in [0.25, 0.3) is 11.1 Å². The van der Waals surface area contributed by atoms with Crippen LogP contribution in [-0.2, 0) is 0 Å². The number of nitrogen functional groups attached to an aromatic ring is 2. The number of allylic oxidation sites excluding steroid dienone is 1. The Balaban J connectivity index is 1.57. The molecule has 0 aromatic heterocycles. The van der Waals surface area contributed by atoms with Crippen LogP contribution in [0.4, 0.5) is 17.1 Å². The number of hydrogen-bond acceptors (Lipinski definition) is 4. The molecule has 2 aliphatic rings. The van der Waals surface area contributed by atoms with Gasteiger partial charge in [-0.2, -0.15) is 0 Å². The maximum Gasteiger partial charge on any atom is 0.119 e. The minimum Gasteiger partial charge on any atom is -0.494 e. The first kappa shape index (κ1) is 20.5. The fraction of sp³-hybridized carbons (Fsp3) is 0.286. The van der Waals surface area contributed by atoms with Crippen molar-refractivity contribution in [3.8, 4) is 16.9 Å². The Labute approximate surface area is 190 Å². The standard InChI is InChI=1S/C28H31N3O/c1-3-4-5-14-32-22-10-6-19(7-11-22)28-25-16-20(29)8-12-23(25)24-13-9-21(30)17-27(24)31(28)26-15-18(26)2/h3,6-13,16-18,26,28H,1,4-5,14-15,29-30H2,2H3/t18-,26?,28?/m0/s1. The molecule has 4 heteroatoms. The Kier molecular flexibility index (Phi) is 5.30. The molecule has 4 N–H and O–H groups in total. The van der Waals surface area contributed by atoms with Gasteiger partial charge in [0.2, 0.25) is 0 Å². The molecule has 1 aliphatic carbocycles. The zero-order chi connectivity index (χ0) is 22.2. The van der Waals surface area contributed by atoms with Gasteiger partial charge in [0.25, 0.3) is 0 Å². The van der Waals surface area contributed by atoms with Gasteiger partial charge in [-0.1, -0.05) is 37.3 Å². The number of hydrogen-bond donors (Lipinski definition) is 2. The second-order valence-corrected chi connectivity index (χ2v) is 9.06. The summed E-state index contributed by atoms with van der Waals surface area (Å²) in [6.07, 6.45) is 5.06. The van der Waals surface area contributed by atoms with Gasteiger partial charge in [0, 0.05) is 28.7 Å². The van der Waals surface area contributed by atoms with E-state index in [1.165, 1.54) is 34.4 Å². The van der Waals surface area contributed by atoms with E-state index in [-0.39, 0.29) is 6.04 Å². The van der Waals surface area contributed by atoms with Gasteiger partial charge in [0.1, 0.15) is 5.75 Å². The summed E-state index contributed by atoms with van der Waals surface area (Å²) >= 11 is 0. The first-order valence-electron chi connectivity index (χ1n) is 11.5. The Hall–Kier alpha value is -3.40. The molecule has 1 aliphatic heterocycles. The van der Waals surface area contributed by atoms with E-state index in [2.05, 4.69) is 66.9 Å². The predicted octanol–water partition coefficient (Wildman–Crippen LogP) is 6.18. The van der Waals surface area contributed by atoms with Gasteiger partial charge in [0.15, 0.2) is 0 Å². The number of rotatable bonds is 7. The zero-order valence-corrected chi connectivity index (χ0v) is 18.6. The zero-order valence-electron chi connectivity index (χ0n) is 18.6. The Morgan fingerprint density at radius 3 is 2.38 bits per heavy atom. The molecule has 3 aromatic rings. The minimum absolute atomic E-state index is 0.0903. The molecule has 0 bridgehead atoms. The number of nitrogens with two attached hydrogens (primary N) is 2. The quantitative estimate of drug-likeness (QED) is 0.269. The molecule has 0 radical (unpaired) electrons. The smallest absolute Gasteiger partial charge is 0.119 e. The first-order valence-corrected chi connectivity index (χ1v) is 11.5. The van der Waals surface area contributed by atoms with Crippen LogP contribution in [0.3, 0.4) is 0 Å². The van der Waals surface area contributed by atoms with Crippen LogP contribution in [0.15, 0.2) is 73.3 Å². The van der Waals surface area contributed by atoms with E-state index < -0.39 is 0 Å². The van der Waals surface area contributed by atoms with Crippen molar-refractivity contribution < 1.29 is 4.74 Å². The fourth-order valence-electron chi connectivity index (χ4n) is 4.90. The van der Waals surface area contributed by atoms with Gasteiger partial charge in [0.05, 0.1) is 12.6 Å². The molecule has 0 spiro atoms. The third kappa shape index (κ3) is 3.70. The van der Waals surface area contributed by atoms with Crippen LogP contribution < -0.4 is 21.1 Å². The molecule has 1 fully saturated rings. The van der Waals surface area contributed by atoms with Crippen molar-refractivity contribution in [1.29, 1.82) is 0 Å². The number of anilines is 3. The lowest BCUT2D eigenvalue weighted by Gasteiger charge is -2.41. The summed E-state index contributed by atoms with van der Waals surface area (Å²) in [7, 11) is 0. The molecule has 0 amide bonds. The van der Waals surface area contributed by atoms with Gasteiger partial charge in [-0.05, 0) is 78.3 Å². The molecule has 1 saturated carbocycles. The number of unbranched alkanes of at least 4 members (excludes halogenated alkanes) is 1. The molecular weight excluding hydrogens is 394 g/mol. The summed E-state index contributed by atoms with van der Waals surface area (Å²) in [6, 6.07) is 21.7. The largest absolute Gasteiger partial charge is 0.494 e. The molecule has 5 rings (SSSR count). The van der Waals surface area contributed by atoms with E-state index in [9.17, 15) is 0 Å². The van der Waals surface area contributed by atoms with E-state index in [4.69, 9.17) is 16.2 Å². The third-order valence-electron chi connectivity index (χ3n) is 6.68. The summed E-state index contributed by atoms with van der Waals surface area (Å²) < 4.78 is 5.92. The summed E-state index contributed by atoms with van der Waals surface area (Å²) in [5, 5.41) is 0. The van der Waals surface area contributed by atoms with Gasteiger partial charge in [-0.3, -0.25) is 0 Å². The normalized spacial score (nSPS) is 20.9. The van der Waals surface area contributed by atoms with Gasteiger partial charge in [-0.25, -0.2) is 0 Å². The molecule has 1 heterocycles. The van der Waals surface area contributed by atoms with Crippen LogP contribution in [-0.4, -0.2) is 12.6 Å². The van der Waals surface area contributed by atoms with Gasteiger partial charge in [-0.15, -0.1) is 6.58 Å². The second-order valence-electron chi connectivity index (χ2n) is 9.06. The molecule has 0 saturated heterocycles. The molecule has 4 nitrogen and oxygen atoms in total. The van der Waals surface area contributed by atoms with E-state index in [1.807, 2.05) is 18.2 Å².